The summed E-state index contributed by atoms with van der Waals surface area (Å²) in [5, 5.41) is 5.71. The number of nitrogens with one attached hydrogen (secondary N) is 1. The third-order valence-corrected chi connectivity index (χ3v) is 7.71. The highest BCUT2D eigenvalue weighted by Crippen LogP contribution is 2.45. The van der Waals surface area contributed by atoms with Crippen LogP contribution in [-0.4, -0.2) is 31.6 Å². The van der Waals surface area contributed by atoms with Crippen LogP contribution in [0.15, 0.2) is 79.8 Å². The van der Waals surface area contributed by atoms with Gasteiger partial charge in [-0.15, -0.1) is 11.3 Å². The van der Waals surface area contributed by atoms with Crippen LogP contribution in [0.2, 0.25) is 0 Å². The molecule has 1 aliphatic carbocycles. The maximum atomic E-state index is 13.6. The molecule has 0 unspecified atom stereocenters. The zero-order valence-electron chi connectivity index (χ0n) is 20.2. The minimum Gasteiger partial charge on any atom is -0.464 e. The number of ether oxygens (including phenoxy) is 2. The van der Waals surface area contributed by atoms with Crippen LogP contribution in [0.1, 0.15) is 49.0 Å². The van der Waals surface area contributed by atoms with Gasteiger partial charge in [0, 0.05) is 46.4 Å². The molecule has 0 fully saturated rings. The second-order valence-corrected chi connectivity index (χ2v) is 9.86. The van der Waals surface area contributed by atoms with Gasteiger partial charge in [-0.05, 0) is 43.8 Å². The van der Waals surface area contributed by atoms with E-state index in [9.17, 15) is 14.4 Å². The van der Waals surface area contributed by atoms with Gasteiger partial charge in [-0.2, -0.15) is 0 Å². The van der Waals surface area contributed by atoms with E-state index in [1.54, 1.807) is 42.5 Å². The van der Waals surface area contributed by atoms with E-state index in [0.717, 1.165) is 10.6 Å². The van der Waals surface area contributed by atoms with E-state index in [4.69, 9.17) is 13.9 Å². The van der Waals surface area contributed by atoms with Crippen molar-refractivity contribution in [3.8, 4) is 0 Å². The average Bonchev–Trinajstić information content (AvgIpc) is 3.41. The highest BCUT2D eigenvalue weighted by molar-refractivity contribution is 7.10. The first-order valence-corrected chi connectivity index (χ1v) is 12.9. The molecular formula is C28H27NO6S. The summed E-state index contributed by atoms with van der Waals surface area (Å²) in [5.41, 5.74) is 2.42. The number of dihydropyridines is 1. The van der Waals surface area contributed by atoms with Gasteiger partial charge in [0.05, 0.1) is 29.7 Å². The number of thiophene rings is 1. The number of fused-ring (bicyclic) bond motifs is 1. The van der Waals surface area contributed by atoms with Gasteiger partial charge in [-0.1, -0.05) is 18.2 Å². The molecule has 1 N–H and O–H groups in total. The number of esters is 1. The summed E-state index contributed by atoms with van der Waals surface area (Å²) in [5.74, 6) is -1.51. The van der Waals surface area contributed by atoms with Crippen molar-refractivity contribution in [3.05, 3.63) is 91.2 Å². The number of ketones is 1. The second-order valence-electron chi connectivity index (χ2n) is 8.88. The summed E-state index contributed by atoms with van der Waals surface area (Å²) in [6, 6.07) is 11.0. The molecule has 2 aliphatic rings. The summed E-state index contributed by atoms with van der Waals surface area (Å²) < 4.78 is 16.6. The molecule has 0 saturated carbocycles. The van der Waals surface area contributed by atoms with Gasteiger partial charge in [0.2, 0.25) is 0 Å². The first-order chi connectivity index (χ1) is 17.5. The van der Waals surface area contributed by atoms with Crippen LogP contribution in [0.3, 0.4) is 0 Å². The zero-order chi connectivity index (χ0) is 25.2. The number of Topliss-reactive ketones (excluding diaryl/α,β-unsaturated/α-hetero) is 1. The number of carbonyl (C=O) groups excluding carboxylic acids is 2. The molecule has 1 aliphatic heterocycles. The summed E-state index contributed by atoms with van der Waals surface area (Å²) in [7, 11) is 0. The number of carbonyl (C=O) groups is 2. The fourth-order valence-corrected chi connectivity index (χ4v) is 5.88. The molecule has 7 nitrogen and oxygen atoms in total. The molecule has 3 heterocycles. The molecule has 1 aromatic carbocycles. The van der Waals surface area contributed by atoms with E-state index >= 15 is 0 Å². The number of hydrogen-bond donors (Lipinski definition) is 1. The first kappa shape index (κ1) is 24.2. The van der Waals surface area contributed by atoms with Crippen LogP contribution in [0.25, 0.3) is 11.0 Å². The van der Waals surface area contributed by atoms with Crippen molar-refractivity contribution in [3.63, 3.8) is 0 Å². The summed E-state index contributed by atoms with van der Waals surface area (Å²) in [4.78, 5) is 41.7. The molecule has 186 valence electrons. The maximum absolute atomic E-state index is 13.6. The van der Waals surface area contributed by atoms with Crippen LogP contribution in [0.4, 0.5) is 0 Å². The lowest BCUT2D eigenvalue weighted by Crippen LogP contribution is -2.37. The second kappa shape index (κ2) is 10.2. The molecule has 2 aromatic heterocycles. The Bertz CT molecular complexity index is 1430. The number of rotatable bonds is 7. The molecule has 2 atom stereocenters. The van der Waals surface area contributed by atoms with Crippen molar-refractivity contribution in [1.29, 1.82) is 0 Å². The Morgan fingerprint density at radius 1 is 1.14 bits per heavy atom. The normalized spacial score (nSPS) is 19.9. The number of hydrogen-bond acceptors (Lipinski definition) is 8. The Morgan fingerprint density at radius 2 is 1.97 bits per heavy atom. The molecular weight excluding hydrogens is 478 g/mol. The number of allylic oxidation sites excluding steroid dienone is 3. The van der Waals surface area contributed by atoms with Gasteiger partial charge < -0.3 is 19.2 Å². The molecule has 0 spiro atoms. The molecule has 8 heteroatoms. The quantitative estimate of drug-likeness (QED) is 0.364. The van der Waals surface area contributed by atoms with Crippen molar-refractivity contribution in [2.24, 2.45) is 0 Å². The van der Waals surface area contributed by atoms with E-state index in [2.05, 4.69) is 5.32 Å². The Labute approximate surface area is 212 Å². The summed E-state index contributed by atoms with van der Waals surface area (Å²) in [6.07, 6.45) is 2.30. The molecule has 5 rings (SSSR count). The largest absolute Gasteiger partial charge is 0.464 e. The van der Waals surface area contributed by atoms with E-state index < -0.39 is 11.9 Å². The monoisotopic (exact) mass is 505 g/mol. The fraction of sp³-hybridized carbons (Fsp3) is 0.321. The minimum absolute atomic E-state index is 0.0462. The van der Waals surface area contributed by atoms with Crippen molar-refractivity contribution < 1.29 is 23.5 Å². The lowest BCUT2D eigenvalue weighted by Gasteiger charge is -2.36. The average molecular weight is 506 g/mol. The molecule has 0 amide bonds. The zero-order valence-corrected chi connectivity index (χ0v) is 21.0. The maximum Gasteiger partial charge on any atom is 0.336 e. The standard InChI is InChI=1S/C28H27NO6S/c1-3-33-10-11-34-28(32)24-16(2)29-20-13-17(23-9-6-12-36-23)14-21(30)26(20)25(24)19-15-35-22-8-5-4-7-18(22)27(19)31/h4-9,12,15,17,25,29H,3,10-11,13-14H2,1-2H3/t17-,25-/m1/s1. The Hall–Kier alpha value is -3.49. The van der Waals surface area contributed by atoms with Gasteiger partial charge in [0.25, 0.3) is 0 Å². The smallest absolute Gasteiger partial charge is 0.336 e. The Morgan fingerprint density at radius 3 is 2.75 bits per heavy atom. The van der Waals surface area contributed by atoms with Crippen molar-refractivity contribution in [2.75, 3.05) is 19.8 Å². The predicted molar refractivity (Wildman–Crippen MR) is 137 cm³/mol. The van der Waals surface area contributed by atoms with Crippen LogP contribution < -0.4 is 10.7 Å². The predicted octanol–water partition coefficient (Wildman–Crippen LogP) is 4.80. The van der Waals surface area contributed by atoms with E-state index in [-0.39, 0.29) is 41.5 Å². The number of para-hydroxylation sites is 1. The Balaban J connectivity index is 1.61. The van der Waals surface area contributed by atoms with Gasteiger partial charge in [0.15, 0.2) is 11.2 Å². The van der Waals surface area contributed by atoms with Crippen LogP contribution in [0, 0.1) is 0 Å². The first-order valence-electron chi connectivity index (χ1n) is 12.0. The third-order valence-electron chi connectivity index (χ3n) is 6.68. The highest BCUT2D eigenvalue weighted by Gasteiger charge is 2.43. The van der Waals surface area contributed by atoms with Gasteiger partial charge in [-0.25, -0.2) is 4.79 Å². The minimum atomic E-state index is -0.876. The molecule has 3 aromatic rings. The van der Waals surface area contributed by atoms with E-state index in [1.807, 2.05) is 24.4 Å². The lowest BCUT2D eigenvalue weighted by molar-refractivity contribution is -0.140. The van der Waals surface area contributed by atoms with Crippen LogP contribution in [-0.2, 0) is 19.1 Å². The van der Waals surface area contributed by atoms with E-state index in [1.165, 1.54) is 6.26 Å². The number of benzene rings is 1. The van der Waals surface area contributed by atoms with Gasteiger partial charge in [-0.3, -0.25) is 9.59 Å². The SMILES string of the molecule is CCOCCOC(=O)C1=C(C)NC2=C(C(=O)C[C@H](c3cccs3)C2)[C@@H]1c1coc2ccccc2c1=O. The Kier molecular flexibility index (Phi) is 6.89. The molecule has 36 heavy (non-hydrogen) atoms. The molecule has 0 bridgehead atoms. The summed E-state index contributed by atoms with van der Waals surface area (Å²) in [6.45, 7) is 4.49. The molecule has 0 radical (unpaired) electrons. The summed E-state index contributed by atoms with van der Waals surface area (Å²) >= 11 is 1.63. The van der Waals surface area contributed by atoms with Gasteiger partial charge >= 0.3 is 5.97 Å². The van der Waals surface area contributed by atoms with Crippen molar-refractivity contribution >= 4 is 34.1 Å². The highest BCUT2D eigenvalue weighted by atomic mass is 32.1. The lowest BCUT2D eigenvalue weighted by atomic mass is 9.73. The van der Waals surface area contributed by atoms with E-state index in [0.29, 0.717) is 41.7 Å². The van der Waals surface area contributed by atoms with Gasteiger partial charge in [0.1, 0.15) is 12.2 Å². The van der Waals surface area contributed by atoms with Crippen LogP contribution >= 0.6 is 11.3 Å². The topological polar surface area (TPSA) is 94.8 Å². The van der Waals surface area contributed by atoms with Crippen molar-refractivity contribution in [1.82, 2.24) is 5.32 Å². The fourth-order valence-electron chi connectivity index (χ4n) is 5.05. The molecule has 0 saturated heterocycles. The van der Waals surface area contributed by atoms with Crippen LogP contribution in [0.5, 0.6) is 0 Å². The third kappa shape index (κ3) is 4.42. The van der Waals surface area contributed by atoms with Crippen molar-refractivity contribution in [2.45, 2.75) is 38.5 Å².